The molecule has 0 saturated heterocycles. The van der Waals surface area contributed by atoms with Gasteiger partial charge in [0.1, 0.15) is 9.84 Å². The van der Waals surface area contributed by atoms with Gasteiger partial charge in [-0.2, -0.15) is 0 Å². The van der Waals surface area contributed by atoms with Crippen LogP contribution in [0.15, 0.2) is 24.3 Å². The van der Waals surface area contributed by atoms with Crippen LogP contribution < -0.4 is 10.6 Å². The van der Waals surface area contributed by atoms with Crippen LogP contribution in [0.5, 0.6) is 0 Å². The van der Waals surface area contributed by atoms with Crippen molar-refractivity contribution >= 4 is 15.5 Å². The van der Waals surface area contributed by atoms with Crippen LogP contribution in [-0.4, -0.2) is 39.6 Å². The van der Waals surface area contributed by atoms with Crippen molar-refractivity contribution < 1.29 is 8.42 Å². The van der Waals surface area contributed by atoms with E-state index in [-0.39, 0.29) is 11.5 Å². The minimum atomic E-state index is -2.88. The number of anilines is 1. The Kier molecular flexibility index (Phi) is 7.02. The molecule has 0 aromatic heterocycles. The molecule has 0 aliphatic rings. The molecule has 0 fully saturated rings. The maximum absolute atomic E-state index is 11.6. The van der Waals surface area contributed by atoms with Gasteiger partial charge in [-0.15, -0.1) is 0 Å². The Balaban J connectivity index is 2.68. The van der Waals surface area contributed by atoms with Gasteiger partial charge in [-0.3, -0.25) is 0 Å². The van der Waals surface area contributed by atoms with Crippen molar-refractivity contribution in [2.75, 3.05) is 36.0 Å². The monoisotopic (exact) mass is 298 g/mol. The molecule has 0 radical (unpaired) electrons. The van der Waals surface area contributed by atoms with E-state index in [2.05, 4.69) is 24.0 Å². The maximum atomic E-state index is 11.6. The second-order valence-corrected chi connectivity index (χ2v) is 7.48. The van der Waals surface area contributed by atoms with E-state index in [4.69, 9.17) is 5.73 Å². The smallest absolute Gasteiger partial charge is 0.150 e. The number of hydrogen-bond donors (Lipinski definition) is 1. The number of aryl methyl sites for hydroxylation is 1. The minimum absolute atomic E-state index is 0.222. The van der Waals surface area contributed by atoms with Crippen LogP contribution in [0.3, 0.4) is 0 Å². The highest BCUT2D eigenvalue weighted by atomic mass is 32.2. The van der Waals surface area contributed by atoms with Crippen LogP contribution in [0.25, 0.3) is 0 Å². The molecule has 0 amide bonds. The minimum Gasteiger partial charge on any atom is -0.371 e. The fraction of sp³-hybridized carbons (Fsp3) is 0.600. The van der Waals surface area contributed by atoms with Gasteiger partial charge in [0.25, 0.3) is 0 Å². The molecule has 5 heteroatoms. The number of nitrogens with two attached hydrogens (primary N) is 1. The van der Waals surface area contributed by atoms with Gasteiger partial charge in [-0.05, 0) is 37.9 Å². The summed E-state index contributed by atoms with van der Waals surface area (Å²) in [6.45, 7) is 6.05. The van der Waals surface area contributed by atoms with Crippen molar-refractivity contribution in [3.05, 3.63) is 29.8 Å². The van der Waals surface area contributed by atoms with Crippen molar-refractivity contribution in [2.24, 2.45) is 5.73 Å². The molecule has 114 valence electrons. The van der Waals surface area contributed by atoms with E-state index in [9.17, 15) is 8.42 Å². The van der Waals surface area contributed by atoms with E-state index in [0.29, 0.717) is 13.0 Å². The molecule has 20 heavy (non-hydrogen) atoms. The third-order valence-electron chi connectivity index (χ3n) is 3.41. The van der Waals surface area contributed by atoms with Crippen LogP contribution in [-0.2, 0) is 9.84 Å². The number of para-hydroxylation sites is 1. The average Bonchev–Trinajstić information content (AvgIpc) is 2.43. The molecule has 1 aromatic carbocycles. The Hall–Kier alpha value is -1.07. The Morgan fingerprint density at radius 2 is 1.80 bits per heavy atom. The fourth-order valence-electron chi connectivity index (χ4n) is 2.17. The quantitative estimate of drug-likeness (QED) is 0.757. The zero-order valence-electron chi connectivity index (χ0n) is 12.5. The Morgan fingerprint density at radius 1 is 1.15 bits per heavy atom. The molecular weight excluding hydrogens is 272 g/mol. The van der Waals surface area contributed by atoms with E-state index in [1.807, 2.05) is 12.1 Å². The summed E-state index contributed by atoms with van der Waals surface area (Å²) in [6, 6.07) is 8.19. The molecule has 0 atom stereocenters. The standard InChI is InChI=1S/C15H26N2O2S/c1-3-20(18,19)13-7-12-17(11-6-10-16)15-9-5-4-8-14(15)2/h4-5,8-9H,3,6-7,10-13,16H2,1-2H3. The number of sulfone groups is 1. The first-order valence-electron chi connectivity index (χ1n) is 7.21. The Bertz CT molecular complexity index is 500. The zero-order chi connectivity index (χ0) is 15.0. The number of hydrogen-bond acceptors (Lipinski definition) is 4. The molecule has 4 nitrogen and oxygen atoms in total. The summed E-state index contributed by atoms with van der Waals surface area (Å²) < 4.78 is 23.1. The summed E-state index contributed by atoms with van der Waals surface area (Å²) in [6.07, 6.45) is 1.57. The second kappa shape index (κ2) is 8.27. The summed E-state index contributed by atoms with van der Waals surface area (Å²) in [4.78, 5) is 2.24. The summed E-state index contributed by atoms with van der Waals surface area (Å²) >= 11 is 0. The van der Waals surface area contributed by atoms with E-state index in [1.54, 1.807) is 6.92 Å². The number of benzene rings is 1. The molecule has 1 rings (SSSR count). The van der Waals surface area contributed by atoms with Gasteiger partial charge in [0, 0.05) is 24.5 Å². The summed E-state index contributed by atoms with van der Waals surface area (Å²) in [5, 5.41) is 0. The lowest BCUT2D eigenvalue weighted by Gasteiger charge is -2.26. The van der Waals surface area contributed by atoms with Crippen molar-refractivity contribution in [3.63, 3.8) is 0 Å². The van der Waals surface area contributed by atoms with Crippen LogP contribution >= 0.6 is 0 Å². The first-order chi connectivity index (χ1) is 9.50. The Labute approximate surface area is 122 Å². The van der Waals surface area contributed by atoms with Crippen LogP contribution in [0.1, 0.15) is 25.3 Å². The molecule has 0 heterocycles. The highest BCUT2D eigenvalue weighted by Crippen LogP contribution is 2.20. The van der Waals surface area contributed by atoms with Crippen molar-refractivity contribution in [1.82, 2.24) is 0 Å². The summed E-state index contributed by atoms with van der Waals surface area (Å²) in [7, 11) is -2.88. The van der Waals surface area contributed by atoms with Gasteiger partial charge in [-0.1, -0.05) is 25.1 Å². The topological polar surface area (TPSA) is 63.4 Å². The molecule has 1 aromatic rings. The normalized spacial score (nSPS) is 11.6. The largest absolute Gasteiger partial charge is 0.371 e. The van der Waals surface area contributed by atoms with Crippen LogP contribution in [0.4, 0.5) is 5.69 Å². The van der Waals surface area contributed by atoms with Gasteiger partial charge in [0.2, 0.25) is 0 Å². The molecule has 0 spiro atoms. The lowest BCUT2D eigenvalue weighted by Crippen LogP contribution is -2.29. The Morgan fingerprint density at radius 3 is 2.40 bits per heavy atom. The predicted octanol–water partition coefficient (Wildman–Crippen LogP) is 1.98. The molecule has 0 unspecified atom stereocenters. The summed E-state index contributed by atoms with van der Waals surface area (Å²) in [5.41, 5.74) is 7.98. The lowest BCUT2D eigenvalue weighted by atomic mass is 10.1. The average molecular weight is 298 g/mol. The van der Waals surface area contributed by atoms with Gasteiger partial charge in [-0.25, -0.2) is 8.42 Å². The first kappa shape index (κ1) is 17.0. The highest BCUT2D eigenvalue weighted by molar-refractivity contribution is 7.91. The highest BCUT2D eigenvalue weighted by Gasteiger charge is 2.11. The SMILES string of the molecule is CCS(=O)(=O)CCCN(CCCN)c1ccccc1C. The van der Waals surface area contributed by atoms with E-state index in [1.165, 1.54) is 11.3 Å². The number of nitrogens with zero attached hydrogens (tertiary/aromatic N) is 1. The van der Waals surface area contributed by atoms with Crippen molar-refractivity contribution in [2.45, 2.75) is 26.7 Å². The second-order valence-electron chi connectivity index (χ2n) is 5.01. The van der Waals surface area contributed by atoms with Crippen LogP contribution in [0, 0.1) is 6.92 Å². The summed E-state index contributed by atoms with van der Waals surface area (Å²) in [5.74, 6) is 0.481. The van der Waals surface area contributed by atoms with Crippen LogP contribution in [0.2, 0.25) is 0 Å². The molecule has 0 saturated carbocycles. The van der Waals surface area contributed by atoms with Gasteiger partial charge < -0.3 is 10.6 Å². The zero-order valence-corrected chi connectivity index (χ0v) is 13.3. The van der Waals surface area contributed by atoms with E-state index < -0.39 is 9.84 Å². The maximum Gasteiger partial charge on any atom is 0.150 e. The number of rotatable bonds is 9. The van der Waals surface area contributed by atoms with E-state index in [0.717, 1.165) is 19.5 Å². The van der Waals surface area contributed by atoms with E-state index >= 15 is 0 Å². The van der Waals surface area contributed by atoms with Crippen molar-refractivity contribution in [3.8, 4) is 0 Å². The third-order valence-corrected chi connectivity index (χ3v) is 5.20. The molecule has 0 bridgehead atoms. The lowest BCUT2D eigenvalue weighted by molar-refractivity contribution is 0.593. The van der Waals surface area contributed by atoms with Crippen molar-refractivity contribution in [1.29, 1.82) is 0 Å². The fourth-order valence-corrected chi connectivity index (χ4v) is 3.03. The first-order valence-corrected chi connectivity index (χ1v) is 9.03. The molecule has 0 aliphatic heterocycles. The van der Waals surface area contributed by atoms with Gasteiger partial charge >= 0.3 is 0 Å². The predicted molar refractivity (Wildman–Crippen MR) is 86.0 cm³/mol. The van der Waals surface area contributed by atoms with Gasteiger partial charge in [0.15, 0.2) is 0 Å². The molecule has 0 aliphatic carbocycles. The molecular formula is C15H26N2O2S. The van der Waals surface area contributed by atoms with Gasteiger partial charge in [0.05, 0.1) is 5.75 Å². The molecule has 2 N–H and O–H groups in total. The third kappa shape index (κ3) is 5.51.